The van der Waals surface area contributed by atoms with E-state index in [0.29, 0.717) is 22.8 Å². The van der Waals surface area contributed by atoms with Crippen molar-refractivity contribution in [2.45, 2.75) is 20.8 Å². The van der Waals surface area contributed by atoms with Crippen LogP contribution in [0, 0.1) is 13.8 Å². The van der Waals surface area contributed by atoms with E-state index < -0.39 is 24.5 Å². The summed E-state index contributed by atoms with van der Waals surface area (Å²) in [7, 11) is 0. The molecule has 156 valence electrons. The molecule has 0 saturated heterocycles. The summed E-state index contributed by atoms with van der Waals surface area (Å²) >= 11 is 1.14. The van der Waals surface area contributed by atoms with Gasteiger partial charge < -0.3 is 19.2 Å². The van der Waals surface area contributed by atoms with Crippen molar-refractivity contribution >= 4 is 34.2 Å². The standard InChI is InChI=1S/C20H19N3O6S/c1-4-27-20(26)17-13(15-6-5-12(3)29-15)10-30-18(17)23-16(24)9-28-19(25)14-8-21-11(2)7-22-14/h5-8,10H,4,9H2,1-3H3,(H,23,24). The van der Waals surface area contributed by atoms with Crippen LogP contribution in [-0.2, 0) is 14.3 Å². The van der Waals surface area contributed by atoms with Crippen LogP contribution < -0.4 is 5.32 Å². The van der Waals surface area contributed by atoms with Crippen LogP contribution in [0.2, 0.25) is 0 Å². The number of anilines is 1. The Balaban J connectivity index is 1.72. The van der Waals surface area contributed by atoms with E-state index in [1.165, 1.54) is 12.4 Å². The normalized spacial score (nSPS) is 10.5. The topological polar surface area (TPSA) is 121 Å². The Kier molecular flexibility index (Phi) is 6.58. The minimum absolute atomic E-state index is 0.00721. The van der Waals surface area contributed by atoms with E-state index in [-0.39, 0.29) is 22.9 Å². The van der Waals surface area contributed by atoms with Crippen molar-refractivity contribution in [3.63, 3.8) is 0 Å². The molecule has 0 atom stereocenters. The summed E-state index contributed by atoms with van der Waals surface area (Å²) in [6.45, 7) is 4.83. The third kappa shape index (κ3) is 4.90. The van der Waals surface area contributed by atoms with E-state index in [1.54, 1.807) is 38.3 Å². The lowest BCUT2D eigenvalue weighted by molar-refractivity contribution is -0.119. The first-order chi connectivity index (χ1) is 14.4. The van der Waals surface area contributed by atoms with Crippen molar-refractivity contribution in [3.8, 4) is 11.3 Å². The molecule has 10 heteroatoms. The van der Waals surface area contributed by atoms with Gasteiger partial charge in [-0.2, -0.15) is 0 Å². The lowest BCUT2D eigenvalue weighted by Crippen LogP contribution is -2.22. The fraction of sp³-hybridized carbons (Fsp3) is 0.250. The molecule has 3 heterocycles. The summed E-state index contributed by atoms with van der Waals surface area (Å²) in [6, 6.07) is 3.50. The molecule has 3 aromatic heterocycles. The van der Waals surface area contributed by atoms with E-state index >= 15 is 0 Å². The summed E-state index contributed by atoms with van der Waals surface area (Å²) in [4.78, 5) is 44.6. The summed E-state index contributed by atoms with van der Waals surface area (Å²) in [5.41, 5.74) is 1.33. The molecule has 9 nitrogen and oxygen atoms in total. The van der Waals surface area contributed by atoms with Gasteiger partial charge in [-0.3, -0.25) is 9.78 Å². The number of amides is 1. The zero-order valence-electron chi connectivity index (χ0n) is 16.6. The monoisotopic (exact) mass is 429 g/mol. The molecule has 1 amide bonds. The quantitative estimate of drug-likeness (QED) is 0.568. The van der Waals surface area contributed by atoms with E-state index in [2.05, 4.69) is 15.3 Å². The van der Waals surface area contributed by atoms with Crippen molar-refractivity contribution in [1.82, 2.24) is 9.97 Å². The second kappa shape index (κ2) is 9.31. The highest BCUT2D eigenvalue weighted by Crippen LogP contribution is 2.37. The molecule has 0 aliphatic rings. The number of hydrogen-bond acceptors (Lipinski definition) is 9. The Bertz CT molecular complexity index is 1070. The van der Waals surface area contributed by atoms with Gasteiger partial charge in [0.2, 0.25) is 0 Å². The van der Waals surface area contributed by atoms with Gasteiger partial charge in [0.1, 0.15) is 22.1 Å². The van der Waals surface area contributed by atoms with Gasteiger partial charge in [-0.15, -0.1) is 11.3 Å². The van der Waals surface area contributed by atoms with Crippen LogP contribution in [-0.4, -0.2) is 41.0 Å². The van der Waals surface area contributed by atoms with Gasteiger partial charge in [0.05, 0.1) is 18.5 Å². The molecule has 0 saturated carbocycles. The molecule has 30 heavy (non-hydrogen) atoms. The Labute approximate surface area is 176 Å². The molecular weight excluding hydrogens is 410 g/mol. The number of aromatic nitrogens is 2. The Morgan fingerprint density at radius 3 is 2.53 bits per heavy atom. The van der Waals surface area contributed by atoms with E-state index in [4.69, 9.17) is 13.9 Å². The highest BCUT2D eigenvalue weighted by atomic mass is 32.1. The van der Waals surface area contributed by atoms with Crippen LogP contribution >= 0.6 is 11.3 Å². The maximum absolute atomic E-state index is 12.5. The number of thiophene rings is 1. The zero-order chi connectivity index (χ0) is 21.7. The van der Waals surface area contributed by atoms with Gasteiger partial charge in [0.25, 0.3) is 5.91 Å². The zero-order valence-corrected chi connectivity index (χ0v) is 17.4. The minimum Gasteiger partial charge on any atom is -0.462 e. The molecular formula is C20H19N3O6S. The number of furan rings is 1. The summed E-state index contributed by atoms with van der Waals surface area (Å²) in [6.07, 6.45) is 2.69. The Hall–Kier alpha value is -3.53. The number of carbonyl (C=O) groups excluding carboxylic acids is 3. The second-order valence-electron chi connectivity index (χ2n) is 6.15. The molecule has 0 aliphatic heterocycles. The SMILES string of the molecule is CCOC(=O)c1c(-c2ccc(C)o2)csc1NC(=O)COC(=O)c1cnc(C)cn1. The van der Waals surface area contributed by atoms with Crippen LogP contribution in [0.1, 0.15) is 39.2 Å². The molecule has 0 aromatic carbocycles. The maximum Gasteiger partial charge on any atom is 0.359 e. The third-order valence-electron chi connectivity index (χ3n) is 3.85. The van der Waals surface area contributed by atoms with E-state index in [9.17, 15) is 14.4 Å². The molecule has 0 aliphatic carbocycles. The number of esters is 2. The summed E-state index contributed by atoms with van der Waals surface area (Å²) in [5, 5.41) is 4.55. The van der Waals surface area contributed by atoms with Crippen LogP contribution in [0.5, 0.6) is 0 Å². The van der Waals surface area contributed by atoms with Gasteiger partial charge in [0.15, 0.2) is 12.3 Å². The molecule has 0 spiro atoms. The molecule has 0 unspecified atom stereocenters. The molecule has 0 bridgehead atoms. The molecule has 3 rings (SSSR count). The van der Waals surface area contributed by atoms with Crippen molar-refractivity contribution < 1.29 is 28.3 Å². The number of carbonyl (C=O) groups is 3. The lowest BCUT2D eigenvalue weighted by Gasteiger charge is -2.08. The molecule has 0 radical (unpaired) electrons. The van der Waals surface area contributed by atoms with E-state index in [1.807, 2.05) is 0 Å². The van der Waals surface area contributed by atoms with Crippen molar-refractivity contribution in [2.75, 3.05) is 18.5 Å². The smallest absolute Gasteiger partial charge is 0.359 e. The number of ether oxygens (including phenoxy) is 2. The second-order valence-corrected chi connectivity index (χ2v) is 7.03. The van der Waals surface area contributed by atoms with Crippen LogP contribution in [0.15, 0.2) is 34.3 Å². The van der Waals surface area contributed by atoms with Crippen molar-refractivity contribution in [2.24, 2.45) is 0 Å². The van der Waals surface area contributed by atoms with Gasteiger partial charge in [0, 0.05) is 17.1 Å². The number of hydrogen-bond donors (Lipinski definition) is 1. The number of aryl methyl sites for hydroxylation is 2. The lowest BCUT2D eigenvalue weighted by atomic mass is 10.1. The van der Waals surface area contributed by atoms with Crippen LogP contribution in [0.3, 0.4) is 0 Å². The largest absolute Gasteiger partial charge is 0.462 e. The fourth-order valence-corrected chi connectivity index (χ4v) is 3.44. The van der Waals surface area contributed by atoms with Crippen LogP contribution in [0.25, 0.3) is 11.3 Å². The predicted octanol–water partition coefficient (Wildman–Crippen LogP) is 3.39. The number of rotatable bonds is 7. The Morgan fingerprint density at radius 1 is 1.10 bits per heavy atom. The summed E-state index contributed by atoms with van der Waals surface area (Å²) < 4.78 is 15.7. The first-order valence-electron chi connectivity index (χ1n) is 9.00. The van der Waals surface area contributed by atoms with Crippen molar-refractivity contribution in [1.29, 1.82) is 0 Å². The average Bonchev–Trinajstić information content (AvgIpc) is 3.33. The van der Waals surface area contributed by atoms with Gasteiger partial charge in [-0.05, 0) is 32.9 Å². The first kappa shape index (κ1) is 21.2. The highest BCUT2D eigenvalue weighted by molar-refractivity contribution is 7.15. The predicted molar refractivity (Wildman–Crippen MR) is 108 cm³/mol. The molecule has 1 N–H and O–H groups in total. The first-order valence-corrected chi connectivity index (χ1v) is 9.88. The summed E-state index contributed by atoms with van der Waals surface area (Å²) in [5.74, 6) is -0.816. The van der Waals surface area contributed by atoms with Gasteiger partial charge >= 0.3 is 11.9 Å². The highest BCUT2D eigenvalue weighted by Gasteiger charge is 2.24. The molecule has 0 fully saturated rings. The van der Waals surface area contributed by atoms with Crippen LogP contribution in [0.4, 0.5) is 5.00 Å². The molecule has 3 aromatic rings. The van der Waals surface area contributed by atoms with Gasteiger partial charge in [-0.25, -0.2) is 14.6 Å². The van der Waals surface area contributed by atoms with Gasteiger partial charge in [-0.1, -0.05) is 0 Å². The van der Waals surface area contributed by atoms with Crippen molar-refractivity contribution in [3.05, 3.63) is 52.6 Å². The number of nitrogens with zero attached hydrogens (tertiary/aromatic N) is 2. The Morgan fingerprint density at radius 2 is 1.90 bits per heavy atom. The number of nitrogens with one attached hydrogen (secondary N) is 1. The minimum atomic E-state index is -0.777. The fourth-order valence-electron chi connectivity index (χ4n) is 2.48. The van der Waals surface area contributed by atoms with E-state index in [0.717, 1.165) is 11.3 Å². The average molecular weight is 429 g/mol. The third-order valence-corrected chi connectivity index (χ3v) is 4.75. The maximum atomic E-state index is 12.5.